The molecule has 1 aliphatic rings. The van der Waals surface area contributed by atoms with Gasteiger partial charge in [0, 0.05) is 12.1 Å². The SMILES string of the molecule is Nc1ccc(OC2CC=CCC2)cc1. The lowest BCUT2D eigenvalue weighted by atomic mass is 10.0. The summed E-state index contributed by atoms with van der Waals surface area (Å²) in [6, 6.07) is 7.59. The molecule has 0 saturated carbocycles. The first-order chi connectivity index (χ1) is 6.84. The largest absolute Gasteiger partial charge is 0.490 e. The maximum absolute atomic E-state index is 5.80. The average molecular weight is 189 g/mol. The lowest BCUT2D eigenvalue weighted by Gasteiger charge is -2.19. The van der Waals surface area contributed by atoms with Crippen molar-refractivity contribution >= 4 is 5.69 Å². The molecule has 14 heavy (non-hydrogen) atoms. The molecule has 2 rings (SSSR count). The van der Waals surface area contributed by atoms with Gasteiger partial charge in [-0.25, -0.2) is 0 Å². The molecule has 1 aromatic carbocycles. The monoisotopic (exact) mass is 189 g/mol. The number of benzene rings is 1. The summed E-state index contributed by atoms with van der Waals surface area (Å²) >= 11 is 0. The van der Waals surface area contributed by atoms with Crippen LogP contribution in [0.5, 0.6) is 5.75 Å². The molecule has 2 nitrogen and oxygen atoms in total. The van der Waals surface area contributed by atoms with E-state index in [4.69, 9.17) is 10.5 Å². The Morgan fingerprint density at radius 2 is 1.93 bits per heavy atom. The van der Waals surface area contributed by atoms with E-state index in [0.717, 1.165) is 30.7 Å². The summed E-state index contributed by atoms with van der Waals surface area (Å²) in [5, 5.41) is 0. The van der Waals surface area contributed by atoms with E-state index in [1.54, 1.807) is 0 Å². The van der Waals surface area contributed by atoms with Gasteiger partial charge in [0.15, 0.2) is 0 Å². The molecule has 0 saturated heterocycles. The van der Waals surface area contributed by atoms with E-state index in [1.165, 1.54) is 0 Å². The number of hydrogen-bond donors (Lipinski definition) is 1. The molecule has 1 atom stereocenters. The van der Waals surface area contributed by atoms with Crippen molar-refractivity contribution in [3.05, 3.63) is 36.4 Å². The third-order valence-electron chi connectivity index (χ3n) is 2.40. The van der Waals surface area contributed by atoms with Crippen molar-refractivity contribution < 1.29 is 4.74 Å². The van der Waals surface area contributed by atoms with Crippen molar-refractivity contribution in [1.29, 1.82) is 0 Å². The molecule has 74 valence electrons. The van der Waals surface area contributed by atoms with Crippen molar-refractivity contribution in [2.45, 2.75) is 25.4 Å². The first kappa shape index (κ1) is 9.13. The van der Waals surface area contributed by atoms with Crippen molar-refractivity contribution in [2.24, 2.45) is 0 Å². The number of rotatable bonds is 2. The van der Waals surface area contributed by atoms with Crippen LogP contribution in [0.3, 0.4) is 0 Å². The summed E-state index contributed by atoms with van der Waals surface area (Å²) < 4.78 is 5.80. The van der Waals surface area contributed by atoms with E-state index >= 15 is 0 Å². The highest BCUT2D eigenvalue weighted by Gasteiger charge is 2.10. The number of hydrogen-bond acceptors (Lipinski definition) is 2. The van der Waals surface area contributed by atoms with Crippen LogP contribution in [0.15, 0.2) is 36.4 Å². The molecule has 1 aromatic rings. The summed E-state index contributed by atoms with van der Waals surface area (Å²) in [7, 11) is 0. The van der Waals surface area contributed by atoms with Gasteiger partial charge in [0.1, 0.15) is 11.9 Å². The van der Waals surface area contributed by atoms with Gasteiger partial charge in [0.25, 0.3) is 0 Å². The summed E-state index contributed by atoms with van der Waals surface area (Å²) in [5.41, 5.74) is 6.37. The molecule has 2 heteroatoms. The predicted octanol–water partition coefficient (Wildman–Crippen LogP) is 2.76. The topological polar surface area (TPSA) is 35.2 Å². The lowest BCUT2D eigenvalue weighted by molar-refractivity contribution is 0.191. The molecule has 0 aromatic heterocycles. The van der Waals surface area contributed by atoms with Gasteiger partial charge in [-0.1, -0.05) is 12.2 Å². The molecule has 2 N–H and O–H groups in total. The Hall–Kier alpha value is -1.44. The second kappa shape index (κ2) is 4.18. The average Bonchev–Trinajstić information content (AvgIpc) is 2.23. The summed E-state index contributed by atoms with van der Waals surface area (Å²) in [6.07, 6.45) is 7.99. The van der Waals surface area contributed by atoms with Gasteiger partial charge in [-0.2, -0.15) is 0 Å². The van der Waals surface area contributed by atoms with Crippen molar-refractivity contribution in [1.82, 2.24) is 0 Å². The van der Waals surface area contributed by atoms with Crippen LogP contribution in [0.25, 0.3) is 0 Å². The van der Waals surface area contributed by atoms with Crippen LogP contribution >= 0.6 is 0 Å². The summed E-state index contributed by atoms with van der Waals surface area (Å²) in [4.78, 5) is 0. The van der Waals surface area contributed by atoms with E-state index in [0.29, 0.717) is 6.10 Å². The normalized spacial score (nSPS) is 20.7. The second-order valence-corrected chi connectivity index (χ2v) is 3.59. The molecule has 0 amide bonds. The van der Waals surface area contributed by atoms with Crippen molar-refractivity contribution in [2.75, 3.05) is 5.73 Å². The standard InChI is InChI=1S/C12H15NO/c13-10-6-8-12(9-7-10)14-11-4-2-1-3-5-11/h1-2,6-9,11H,3-5,13H2. The molecule has 0 heterocycles. The smallest absolute Gasteiger partial charge is 0.119 e. The zero-order chi connectivity index (χ0) is 9.80. The Kier molecular flexibility index (Phi) is 2.73. The highest BCUT2D eigenvalue weighted by molar-refractivity contribution is 5.41. The zero-order valence-electron chi connectivity index (χ0n) is 8.15. The quantitative estimate of drug-likeness (QED) is 0.573. The van der Waals surface area contributed by atoms with E-state index in [9.17, 15) is 0 Å². The minimum absolute atomic E-state index is 0.337. The fourth-order valence-corrected chi connectivity index (χ4v) is 1.61. The van der Waals surface area contributed by atoms with Crippen LogP contribution in [-0.4, -0.2) is 6.10 Å². The van der Waals surface area contributed by atoms with Gasteiger partial charge in [-0.15, -0.1) is 0 Å². The zero-order valence-corrected chi connectivity index (χ0v) is 8.15. The van der Waals surface area contributed by atoms with Gasteiger partial charge in [0.05, 0.1) is 0 Å². The molecule has 0 spiro atoms. The minimum Gasteiger partial charge on any atom is -0.490 e. The van der Waals surface area contributed by atoms with Crippen molar-refractivity contribution in [3.8, 4) is 5.75 Å². The Morgan fingerprint density at radius 1 is 1.14 bits per heavy atom. The van der Waals surface area contributed by atoms with Crippen molar-refractivity contribution in [3.63, 3.8) is 0 Å². The van der Waals surface area contributed by atoms with E-state index in [-0.39, 0.29) is 0 Å². The predicted molar refractivity (Wildman–Crippen MR) is 58.3 cm³/mol. The highest BCUT2D eigenvalue weighted by atomic mass is 16.5. The van der Waals surface area contributed by atoms with Crippen LogP contribution in [0, 0.1) is 0 Å². The Balaban J connectivity index is 1.96. The van der Waals surface area contributed by atoms with Crippen LogP contribution in [0.2, 0.25) is 0 Å². The Bertz CT molecular complexity index is 316. The maximum atomic E-state index is 5.80. The molecular weight excluding hydrogens is 174 g/mol. The number of allylic oxidation sites excluding steroid dienone is 1. The second-order valence-electron chi connectivity index (χ2n) is 3.59. The number of ether oxygens (including phenoxy) is 1. The lowest BCUT2D eigenvalue weighted by Crippen LogP contribution is -2.17. The fraction of sp³-hybridized carbons (Fsp3) is 0.333. The van der Waals surface area contributed by atoms with Crippen LogP contribution in [0.4, 0.5) is 5.69 Å². The van der Waals surface area contributed by atoms with E-state index in [1.807, 2.05) is 24.3 Å². The third-order valence-corrected chi connectivity index (χ3v) is 2.40. The summed E-state index contributed by atoms with van der Waals surface area (Å²) in [5.74, 6) is 0.916. The van der Waals surface area contributed by atoms with E-state index < -0.39 is 0 Å². The molecule has 0 fully saturated rings. The number of nitrogen functional groups attached to an aromatic ring is 1. The first-order valence-corrected chi connectivity index (χ1v) is 5.02. The van der Waals surface area contributed by atoms with E-state index in [2.05, 4.69) is 12.2 Å². The summed E-state index contributed by atoms with van der Waals surface area (Å²) in [6.45, 7) is 0. The maximum Gasteiger partial charge on any atom is 0.119 e. The molecule has 0 radical (unpaired) electrons. The van der Waals surface area contributed by atoms with Gasteiger partial charge in [-0.05, 0) is 37.1 Å². The molecule has 0 aliphatic heterocycles. The molecule has 1 aliphatic carbocycles. The van der Waals surface area contributed by atoms with Gasteiger partial charge in [0.2, 0.25) is 0 Å². The van der Waals surface area contributed by atoms with Crippen LogP contribution in [0.1, 0.15) is 19.3 Å². The van der Waals surface area contributed by atoms with Crippen LogP contribution < -0.4 is 10.5 Å². The minimum atomic E-state index is 0.337. The molecule has 1 unspecified atom stereocenters. The number of nitrogens with two attached hydrogens (primary N) is 1. The Morgan fingerprint density at radius 3 is 2.57 bits per heavy atom. The molecular formula is C12H15NO. The third kappa shape index (κ3) is 2.28. The number of anilines is 1. The van der Waals surface area contributed by atoms with Gasteiger partial charge in [-0.3, -0.25) is 0 Å². The molecule has 0 bridgehead atoms. The highest BCUT2D eigenvalue weighted by Crippen LogP contribution is 2.20. The van der Waals surface area contributed by atoms with Gasteiger partial charge < -0.3 is 10.5 Å². The first-order valence-electron chi connectivity index (χ1n) is 5.02. The fourth-order valence-electron chi connectivity index (χ4n) is 1.61. The Labute approximate surface area is 84.4 Å². The van der Waals surface area contributed by atoms with Crippen LogP contribution in [-0.2, 0) is 0 Å². The van der Waals surface area contributed by atoms with Gasteiger partial charge >= 0.3 is 0 Å².